The van der Waals surface area contributed by atoms with Gasteiger partial charge in [0.05, 0.1) is 0 Å². The fourth-order valence-electron chi connectivity index (χ4n) is 1.59. The minimum atomic E-state index is -0.0128. The van der Waals surface area contributed by atoms with Crippen LogP contribution in [0.15, 0.2) is 0 Å². The van der Waals surface area contributed by atoms with Crippen LogP contribution in [-0.4, -0.2) is 17.3 Å². The van der Waals surface area contributed by atoms with Crippen LogP contribution < -0.4 is 0 Å². The standard InChI is InChI=1S/C16H28O3/c1-12(2)15(19)9-8-13(17)6-7-14(18)10-11-16(3,4)5/h12H,6-11H2,1-5H3. The van der Waals surface area contributed by atoms with Gasteiger partial charge in [-0.05, 0) is 11.8 Å². The van der Waals surface area contributed by atoms with E-state index in [9.17, 15) is 14.4 Å². The summed E-state index contributed by atoms with van der Waals surface area (Å²) in [6, 6.07) is 0. The molecule has 0 aliphatic heterocycles. The first-order valence-electron chi connectivity index (χ1n) is 7.18. The van der Waals surface area contributed by atoms with Crippen molar-refractivity contribution in [3.63, 3.8) is 0 Å². The molecule has 0 N–H and O–H groups in total. The molecular weight excluding hydrogens is 240 g/mol. The van der Waals surface area contributed by atoms with Crippen LogP contribution in [0, 0.1) is 11.3 Å². The maximum atomic E-state index is 11.6. The lowest BCUT2D eigenvalue weighted by atomic mass is 9.89. The Morgan fingerprint density at radius 2 is 1.21 bits per heavy atom. The molecule has 3 nitrogen and oxygen atoms in total. The average Bonchev–Trinajstić information content (AvgIpc) is 2.29. The second-order valence-corrected chi connectivity index (χ2v) is 6.76. The topological polar surface area (TPSA) is 51.2 Å². The predicted octanol–water partition coefficient (Wildman–Crippen LogP) is 3.74. The third-order valence-electron chi connectivity index (χ3n) is 3.13. The molecule has 0 spiro atoms. The van der Waals surface area contributed by atoms with Crippen LogP contribution in [0.1, 0.15) is 73.1 Å². The monoisotopic (exact) mass is 268 g/mol. The van der Waals surface area contributed by atoms with E-state index in [4.69, 9.17) is 0 Å². The molecule has 19 heavy (non-hydrogen) atoms. The van der Waals surface area contributed by atoms with Gasteiger partial charge in [0.15, 0.2) is 0 Å². The number of carbonyl (C=O) groups is 3. The third-order valence-corrected chi connectivity index (χ3v) is 3.13. The number of hydrogen-bond acceptors (Lipinski definition) is 3. The fourth-order valence-corrected chi connectivity index (χ4v) is 1.59. The maximum absolute atomic E-state index is 11.6. The van der Waals surface area contributed by atoms with E-state index in [0.29, 0.717) is 19.3 Å². The molecule has 0 bridgehead atoms. The van der Waals surface area contributed by atoms with E-state index in [1.54, 1.807) is 0 Å². The van der Waals surface area contributed by atoms with Crippen LogP contribution in [0.2, 0.25) is 0 Å². The molecule has 0 heterocycles. The first-order valence-corrected chi connectivity index (χ1v) is 7.18. The lowest BCUT2D eigenvalue weighted by Crippen LogP contribution is -2.12. The van der Waals surface area contributed by atoms with Gasteiger partial charge in [-0.15, -0.1) is 0 Å². The summed E-state index contributed by atoms with van der Waals surface area (Å²) in [5, 5.41) is 0. The highest BCUT2D eigenvalue weighted by molar-refractivity contribution is 5.89. The van der Waals surface area contributed by atoms with Crippen LogP contribution in [0.4, 0.5) is 0 Å². The summed E-state index contributed by atoms with van der Waals surface area (Å²) in [6.45, 7) is 9.97. The van der Waals surface area contributed by atoms with Crippen LogP contribution in [0.25, 0.3) is 0 Å². The molecule has 0 aliphatic rings. The third kappa shape index (κ3) is 10.6. The smallest absolute Gasteiger partial charge is 0.135 e. The van der Waals surface area contributed by atoms with Crippen molar-refractivity contribution in [2.75, 3.05) is 0 Å². The van der Waals surface area contributed by atoms with Gasteiger partial charge in [0.2, 0.25) is 0 Å². The number of carbonyl (C=O) groups excluding carboxylic acids is 3. The van der Waals surface area contributed by atoms with Crippen molar-refractivity contribution in [1.29, 1.82) is 0 Å². The highest BCUT2D eigenvalue weighted by Gasteiger charge is 2.15. The van der Waals surface area contributed by atoms with Crippen molar-refractivity contribution < 1.29 is 14.4 Å². The molecule has 0 unspecified atom stereocenters. The number of ketones is 3. The Kier molecular flexibility index (Phi) is 7.81. The van der Waals surface area contributed by atoms with Crippen molar-refractivity contribution in [2.45, 2.75) is 73.1 Å². The SMILES string of the molecule is CC(C)C(=O)CCC(=O)CCC(=O)CCC(C)(C)C. The summed E-state index contributed by atoms with van der Waals surface area (Å²) >= 11 is 0. The second-order valence-electron chi connectivity index (χ2n) is 6.76. The van der Waals surface area contributed by atoms with Gasteiger partial charge in [-0.1, -0.05) is 34.6 Å². The van der Waals surface area contributed by atoms with Crippen molar-refractivity contribution in [1.82, 2.24) is 0 Å². The van der Waals surface area contributed by atoms with Crippen LogP contribution in [-0.2, 0) is 14.4 Å². The van der Waals surface area contributed by atoms with Gasteiger partial charge in [0, 0.05) is 38.0 Å². The average molecular weight is 268 g/mol. The minimum absolute atomic E-state index is 0.0128. The molecule has 0 saturated carbocycles. The van der Waals surface area contributed by atoms with Gasteiger partial charge in [-0.3, -0.25) is 14.4 Å². The van der Waals surface area contributed by atoms with E-state index in [1.165, 1.54) is 0 Å². The summed E-state index contributed by atoms with van der Waals surface area (Å²) in [4.78, 5) is 34.6. The summed E-state index contributed by atoms with van der Waals surface area (Å²) < 4.78 is 0. The Hall–Kier alpha value is -0.990. The van der Waals surface area contributed by atoms with Crippen molar-refractivity contribution >= 4 is 17.3 Å². The van der Waals surface area contributed by atoms with E-state index in [0.717, 1.165) is 6.42 Å². The van der Waals surface area contributed by atoms with E-state index < -0.39 is 0 Å². The van der Waals surface area contributed by atoms with Crippen LogP contribution in [0.5, 0.6) is 0 Å². The molecule has 0 saturated heterocycles. The first-order chi connectivity index (χ1) is 8.61. The molecule has 0 aliphatic carbocycles. The zero-order chi connectivity index (χ0) is 15.1. The van der Waals surface area contributed by atoms with E-state index in [2.05, 4.69) is 20.8 Å². The molecule has 0 amide bonds. The molecule has 0 rings (SSSR count). The Morgan fingerprint density at radius 3 is 1.63 bits per heavy atom. The van der Waals surface area contributed by atoms with Gasteiger partial charge < -0.3 is 0 Å². The van der Waals surface area contributed by atoms with Crippen molar-refractivity contribution in [3.8, 4) is 0 Å². The number of rotatable bonds is 9. The van der Waals surface area contributed by atoms with Crippen LogP contribution >= 0.6 is 0 Å². The Labute approximate surface area is 117 Å². The van der Waals surface area contributed by atoms with Gasteiger partial charge >= 0.3 is 0 Å². The first kappa shape index (κ1) is 18.0. The van der Waals surface area contributed by atoms with Gasteiger partial charge in [0.1, 0.15) is 17.3 Å². The molecule has 0 radical (unpaired) electrons. The lowest BCUT2D eigenvalue weighted by molar-refractivity contribution is -0.127. The van der Waals surface area contributed by atoms with Crippen molar-refractivity contribution in [2.24, 2.45) is 11.3 Å². The largest absolute Gasteiger partial charge is 0.300 e. The lowest BCUT2D eigenvalue weighted by Gasteiger charge is -2.16. The van der Waals surface area contributed by atoms with Crippen molar-refractivity contribution in [3.05, 3.63) is 0 Å². The van der Waals surface area contributed by atoms with Gasteiger partial charge in [-0.2, -0.15) is 0 Å². The van der Waals surface area contributed by atoms with E-state index >= 15 is 0 Å². The molecular formula is C16H28O3. The van der Waals surface area contributed by atoms with E-state index in [1.807, 2.05) is 13.8 Å². The normalized spacial score (nSPS) is 11.7. The number of Topliss-reactive ketones (excluding diaryl/α,β-unsaturated/α-hetero) is 3. The molecule has 0 aromatic rings. The Balaban J connectivity index is 3.79. The highest BCUT2D eigenvalue weighted by Crippen LogP contribution is 2.21. The summed E-state index contributed by atoms with van der Waals surface area (Å²) in [5.74, 6) is 0.283. The molecule has 0 fully saturated rings. The highest BCUT2D eigenvalue weighted by atomic mass is 16.1. The Morgan fingerprint density at radius 1 is 0.789 bits per heavy atom. The van der Waals surface area contributed by atoms with Gasteiger partial charge in [0.25, 0.3) is 0 Å². The van der Waals surface area contributed by atoms with Gasteiger partial charge in [-0.25, -0.2) is 0 Å². The molecule has 0 atom stereocenters. The summed E-state index contributed by atoms with van der Waals surface area (Å²) in [5.41, 5.74) is 0.156. The van der Waals surface area contributed by atoms with E-state index in [-0.39, 0.29) is 41.5 Å². The Bertz CT molecular complexity index is 321. The number of hydrogen-bond donors (Lipinski definition) is 0. The maximum Gasteiger partial charge on any atom is 0.135 e. The fraction of sp³-hybridized carbons (Fsp3) is 0.812. The molecule has 0 aromatic carbocycles. The zero-order valence-electron chi connectivity index (χ0n) is 13.0. The summed E-state index contributed by atoms with van der Waals surface area (Å²) in [7, 11) is 0. The second kappa shape index (κ2) is 8.23. The predicted molar refractivity (Wildman–Crippen MR) is 77.0 cm³/mol. The zero-order valence-corrected chi connectivity index (χ0v) is 13.0. The molecule has 110 valence electrons. The molecule has 3 heteroatoms. The minimum Gasteiger partial charge on any atom is -0.300 e. The molecule has 0 aromatic heterocycles. The van der Waals surface area contributed by atoms with Crippen LogP contribution in [0.3, 0.4) is 0 Å². The summed E-state index contributed by atoms with van der Waals surface area (Å²) in [6.07, 6.45) is 2.60. The quantitative estimate of drug-likeness (QED) is 0.640.